The minimum Gasteiger partial charge on any atom is -0.267 e. The summed E-state index contributed by atoms with van der Waals surface area (Å²) in [6.07, 6.45) is 1.80. The third-order valence-electron chi connectivity index (χ3n) is 3.78. The Kier molecular flexibility index (Phi) is 3.28. The Morgan fingerprint density at radius 2 is 1.65 bits per heavy atom. The van der Waals surface area contributed by atoms with E-state index in [-0.39, 0.29) is 5.56 Å². The average molecular weight is 319 g/mol. The maximum Gasteiger partial charge on any atom is 0.272 e. The Morgan fingerprint density at radius 3 is 2.43 bits per heavy atom. The summed E-state index contributed by atoms with van der Waals surface area (Å²) >= 11 is 1.63. The Bertz CT molecular complexity index is 1070. The summed E-state index contributed by atoms with van der Waals surface area (Å²) in [5, 5.41) is 8.36. The molecule has 3 heterocycles. The molecule has 4 nitrogen and oxygen atoms in total. The number of aryl methyl sites for hydroxylation is 1. The molecule has 1 aromatic carbocycles. The van der Waals surface area contributed by atoms with Gasteiger partial charge in [-0.15, -0.1) is 11.3 Å². The number of aromatic nitrogens is 3. The number of thiophene rings is 1. The van der Waals surface area contributed by atoms with E-state index in [4.69, 9.17) is 0 Å². The van der Waals surface area contributed by atoms with Crippen molar-refractivity contribution >= 4 is 22.1 Å². The van der Waals surface area contributed by atoms with Crippen molar-refractivity contribution < 1.29 is 0 Å². The van der Waals surface area contributed by atoms with Crippen LogP contribution in [0.2, 0.25) is 0 Å². The SMILES string of the molecule is Cc1cccnc1-c1ccc(-c2n[nH]c(=O)c3ccccc23)s1. The molecule has 0 radical (unpaired) electrons. The topological polar surface area (TPSA) is 58.6 Å². The molecule has 0 saturated carbocycles. The summed E-state index contributed by atoms with van der Waals surface area (Å²) in [5.41, 5.74) is 2.75. The highest BCUT2D eigenvalue weighted by Gasteiger charge is 2.12. The zero-order chi connectivity index (χ0) is 15.8. The number of H-pyrrole nitrogens is 1. The van der Waals surface area contributed by atoms with Gasteiger partial charge >= 0.3 is 0 Å². The summed E-state index contributed by atoms with van der Waals surface area (Å²) in [6, 6.07) is 15.6. The maximum absolute atomic E-state index is 11.9. The highest BCUT2D eigenvalue weighted by molar-refractivity contribution is 7.18. The van der Waals surface area contributed by atoms with E-state index in [0.717, 1.165) is 32.1 Å². The largest absolute Gasteiger partial charge is 0.272 e. The van der Waals surface area contributed by atoms with E-state index >= 15 is 0 Å². The van der Waals surface area contributed by atoms with Crippen LogP contribution >= 0.6 is 11.3 Å². The molecule has 0 aliphatic carbocycles. The first-order valence-corrected chi connectivity index (χ1v) is 8.05. The molecule has 0 bridgehead atoms. The fourth-order valence-corrected chi connectivity index (χ4v) is 3.71. The van der Waals surface area contributed by atoms with E-state index in [1.807, 2.05) is 36.4 Å². The normalized spacial score (nSPS) is 11.0. The Balaban J connectivity index is 1.89. The Labute approximate surface area is 136 Å². The molecule has 0 atom stereocenters. The molecule has 3 aromatic heterocycles. The Morgan fingerprint density at radius 1 is 0.913 bits per heavy atom. The van der Waals surface area contributed by atoms with Crippen molar-refractivity contribution in [2.75, 3.05) is 0 Å². The van der Waals surface area contributed by atoms with Crippen LogP contribution in [-0.4, -0.2) is 15.2 Å². The van der Waals surface area contributed by atoms with Gasteiger partial charge in [-0.05, 0) is 36.8 Å². The first kappa shape index (κ1) is 13.8. The second-order valence-corrected chi connectivity index (χ2v) is 6.36. The van der Waals surface area contributed by atoms with Gasteiger partial charge in [-0.25, -0.2) is 5.10 Å². The van der Waals surface area contributed by atoms with Crippen LogP contribution in [0.3, 0.4) is 0 Å². The molecule has 5 heteroatoms. The summed E-state index contributed by atoms with van der Waals surface area (Å²) in [6.45, 7) is 2.05. The van der Waals surface area contributed by atoms with Gasteiger partial charge in [0, 0.05) is 11.6 Å². The van der Waals surface area contributed by atoms with E-state index < -0.39 is 0 Å². The number of hydrogen-bond acceptors (Lipinski definition) is 4. The van der Waals surface area contributed by atoms with E-state index in [0.29, 0.717) is 5.39 Å². The highest BCUT2D eigenvalue weighted by atomic mass is 32.1. The summed E-state index contributed by atoms with van der Waals surface area (Å²) in [7, 11) is 0. The van der Waals surface area contributed by atoms with Crippen molar-refractivity contribution in [1.82, 2.24) is 15.2 Å². The van der Waals surface area contributed by atoms with Gasteiger partial charge < -0.3 is 0 Å². The molecule has 23 heavy (non-hydrogen) atoms. The van der Waals surface area contributed by atoms with Crippen LogP contribution in [0.5, 0.6) is 0 Å². The molecule has 0 spiro atoms. The predicted octanol–water partition coefficient (Wildman–Crippen LogP) is 4.02. The Hall–Kier alpha value is -2.79. The van der Waals surface area contributed by atoms with Crippen LogP contribution in [0, 0.1) is 6.92 Å². The quantitative estimate of drug-likeness (QED) is 0.607. The van der Waals surface area contributed by atoms with Crippen molar-refractivity contribution in [2.24, 2.45) is 0 Å². The van der Waals surface area contributed by atoms with Crippen LogP contribution in [0.15, 0.2) is 59.5 Å². The zero-order valence-corrected chi connectivity index (χ0v) is 13.2. The van der Waals surface area contributed by atoms with E-state index in [2.05, 4.69) is 34.2 Å². The number of hydrogen-bond donors (Lipinski definition) is 1. The number of aromatic amines is 1. The van der Waals surface area contributed by atoms with Crippen LogP contribution < -0.4 is 5.56 Å². The average Bonchev–Trinajstić information content (AvgIpc) is 3.05. The van der Waals surface area contributed by atoms with Crippen LogP contribution in [0.1, 0.15) is 5.56 Å². The van der Waals surface area contributed by atoms with E-state index in [1.165, 1.54) is 0 Å². The molecule has 112 valence electrons. The number of fused-ring (bicyclic) bond motifs is 1. The second kappa shape index (κ2) is 5.44. The third-order valence-corrected chi connectivity index (χ3v) is 4.88. The van der Waals surface area contributed by atoms with Gasteiger partial charge in [-0.3, -0.25) is 9.78 Å². The minimum atomic E-state index is -0.165. The first-order chi connectivity index (χ1) is 11.2. The molecule has 1 N–H and O–H groups in total. The van der Waals surface area contributed by atoms with Gasteiger partial charge in [0.1, 0.15) is 5.69 Å². The molecule has 0 saturated heterocycles. The monoisotopic (exact) mass is 319 g/mol. The summed E-state index contributed by atoms with van der Waals surface area (Å²) < 4.78 is 0. The van der Waals surface area contributed by atoms with Crippen molar-refractivity contribution in [2.45, 2.75) is 6.92 Å². The van der Waals surface area contributed by atoms with Crippen molar-refractivity contribution in [3.05, 3.63) is 70.6 Å². The van der Waals surface area contributed by atoms with Crippen molar-refractivity contribution in [3.8, 4) is 21.1 Å². The fourth-order valence-electron chi connectivity index (χ4n) is 2.64. The summed E-state index contributed by atoms with van der Waals surface area (Å²) in [5.74, 6) is 0. The molecule has 4 aromatic rings. The lowest BCUT2D eigenvalue weighted by Gasteiger charge is -2.02. The minimum absolute atomic E-state index is 0.165. The molecular formula is C18H13N3OS. The molecular weight excluding hydrogens is 306 g/mol. The lowest BCUT2D eigenvalue weighted by molar-refractivity contribution is 1.02. The number of nitrogens with one attached hydrogen (secondary N) is 1. The number of rotatable bonds is 2. The number of benzene rings is 1. The number of pyridine rings is 1. The first-order valence-electron chi connectivity index (χ1n) is 7.23. The van der Waals surface area contributed by atoms with Gasteiger partial charge in [-0.1, -0.05) is 24.3 Å². The van der Waals surface area contributed by atoms with E-state index in [1.54, 1.807) is 17.5 Å². The molecule has 0 aliphatic heterocycles. The number of nitrogens with zero attached hydrogens (tertiary/aromatic N) is 2. The predicted molar refractivity (Wildman–Crippen MR) is 93.6 cm³/mol. The fraction of sp³-hybridized carbons (Fsp3) is 0.0556. The smallest absolute Gasteiger partial charge is 0.267 e. The molecule has 0 fully saturated rings. The van der Waals surface area contributed by atoms with Gasteiger partial charge in [0.05, 0.1) is 20.8 Å². The van der Waals surface area contributed by atoms with Crippen molar-refractivity contribution in [3.63, 3.8) is 0 Å². The third kappa shape index (κ3) is 2.35. The van der Waals surface area contributed by atoms with Crippen molar-refractivity contribution in [1.29, 1.82) is 0 Å². The van der Waals surface area contributed by atoms with Crippen LogP contribution in [0.4, 0.5) is 0 Å². The maximum atomic E-state index is 11.9. The molecule has 0 unspecified atom stereocenters. The lowest BCUT2D eigenvalue weighted by atomic mass is 10.1. The highest BCUT2D eigenvalue weighted by Crippen LogP contribution is 2.35. The zero-order valence-electron chi connectivity index (χ0n) is 12.4. The van der Waals surface area contributed by atoms with Crippen LogP contribution in [-0.2, 0) is 0 Å². The summed E-state index contributed by atoms with van der Waals surface area (Å²) in [4.78, 5) is 18.5. The van der Waals surface area contributed by atoms with Gasteiger partial charge in [0.25, 0.3) is 5.56 Å². The molecule has 0 aliphatic rings. The lowest BCUT2D eigenvalue weighted by Crippen LogP contribution is -2.08. The van der Waals surface area contributed by atoms with Gasteiger partial charge in [-0.2, -0.15) is 5.10 Å². The molecule has 4 rings (SSSR count). The van der Waals surface area contributed by atoms with Gasteiger partial charge in [0.15, 0.2) is 0 Å². The van der Waals surface area contributed by atoms with E-state index in [9.17, 15) is 4.79 Å². The van der Waals surface area contributed by atoms with Crippen LogP contribution in [0.25, 0.3) is 31.9 Å². The molecule has 0 amide bonds. The standard InChI is InChI=1S/C18H13N3OS/c1-11-5-4-10-19-16(11)14-8-9-15(23-14)17-12-6-2-3-7-13(12)18(22)21-20-17/h2-10H,1H3,(H,21,22). The van der Waals surface area contributed by atoms with Gasteiger partial charge in [0.2, 0.25) is 0 Å². The second-order valence-electron chi connectivity index (χ2n) is 5.28.